The fourth-order valence-electron chi connectivity index (χ4n) is 2.51. The number of carbonyl (C=O) groups excluding carboxylic acids is 2. The molecule has 0 radical (unpaired) electrons. The van der Waals surface area contributed by atoms with Crippen molar-refractivity contribution in [1.82, 2.24) is 15.5 Å². The van der Waals surface area contributed by atoms with Gasteiger partial charge in [-0.15, -0.1) is 11.3 Å². The monoisotopic (exact) mass is 323 g/mol. The Bertz CT molecular complexity index is 488. The zero-order valence-corrected chi connectivity index (χ0v) is 14.1. The van der Waals surface area contributed by atoms with Crippen molar-refractivity contribution in [2.75, 3.05) is 19.6 Å². The Morgan fingerprint density at radius 3 is 2.91 bits per heavy atom. The molecule has 0 aromatic carbocycles. The number of nitrogens with zero attached hydrogens (tertiary/aromatic N) is 1. The van der Waals surface area contributed by atoms with Crippen LogP contribution in [0.2, 0.25) is 0 Å². The van der Waals surface area contributed by atoms with Gasteiger partial charge in [0, 0.05) is 24.5 Å². The molecular formula is C16H25N3O2S. The molecule has 1 saturated heterocycles. The summed E-state index contributed by atoms with van der Waals surface area (Å²) in [5, 5.41) is 7.90. The molecule has 1 aliphatic rings. The summed E-state index contributed by atoms with van der Waals surface area (Å²) in [6, 6.07) is 3.90. The molecule has 5 nitrogen and oxygen atoms in total. The number of rotatable bonds is 5. The molecule has 1 unspecified atom stereocenters. The van der Waals surface area contributed by atoms with Crippen molar-refractivity contribution in [3.8, 4) is 0 Å². The highest BCUT2D eigenvalue weighted by molar-refractivity contribution is 7.09. The Morgan fingerprint density at radius 1 is 1.41 bits per heavy atom. The van der Waals surface area contributed by atoms with Gasteiger partial charge < -0.3 is 15.5 Å². The van der Waals surface area contributed by atoms with Crippen LogP contribution in [0.15, 0.2) is 17.5 Å². The lowest BCUT2D eigenvalue weighted by molar-refractivity contribution is -0.126. The summed E-state index contributed by atoms with van der Waals surface area (Å²) in [6.45, 7) is 6.64. The summed E-state index contributed by atoms with van der Waals surface area (Å²) >= 11 is 1.63. The largest absolute Gasteiger partial charge is 0.356 e. The van der Waals surface area contributed by atoms with Gasteiger partial charge in [-0.3, -0.25) is 4.79 Å². The molecule has 122 valence electrons. The zero-order valence-electron chi connectivity index (χ0n) is 13.3. The van der Waals surface area contributed by atoms with Crippen molar-refractivity contribution in [2.45, 2.75) is 33.2 Å². The van der Waals surface area contributed by atoms with E-state index < -0.39 is 0 Å². The predicted octanol–water partition coefficient (Wildman–Crippen LogP) is 2.44. The number of nitrogens with one attached hydrogen (secondary N) is 2. The van der Waals surface area contributed by atoms with Crippen molar-refractivity contribution in [3.63, 3.8) is 0 Å². The molecule has 1 aromatic rings. The minimum Gasteiger partial charge on any atom is -0.356 e. The Kier molecular flexibility index (Phi) is 6.24. The third-order valence-corrected chi connectivity index (χ3v) is 4.63. The Morgan fingerprint density at radius 2 is 2.23 bits per heavy atom. The molecule has 2 rings (SSSR count). The number of likely N-dealkylation sites (tertiary alicyclic amines) is 1. The fraction of sp³-hybridized carbons (Fsp3) is 0.625. The molecule has 1 aliphatic heterocycles. The number of amides is 3. The number of thiophene rings is 1. The molecule has 3 amide bonds. The summed E-state index contributed by atoms with van der Waals surface area (Å²) in [5.74, 6) is 0.433. The Labute approximate surface area is 136 Å². The van der Waals surface area contributed by atoms with E-state index in [1.54, 1.807) is 16.2 Å². The van der Waals surface area contributed by atoms with Crippen LogP contribution in [0.3, 0.4) is 0 Å². The summed E-state index contributed by atoms with van der Waals surface area (Å²) in [6.07, 6.45) is 1.74. The van der Waals surface area contributed by atoms with Gasteiger partial charge in [0.25, 0.3) is 0 Å². The van der Waals surface area contributed by atoms with E-state index in [4.69, 9.17) is 0 Å². The molecule has 22 heavy (non-hydrogen) atoms. The van der Waals surface area contributed by atoms with Gasteiger partial charge in [0.1, 0.15) is 0 Å². The number of hydrogen-bond donors (Lipinski definition) is 2. The van der Waals surface area contributed by atoms with Gasteiger partial charge >= 0.3 is 6.03 Å². The van der Waals surface area contributed by atoms with Crippen molar-refractivity contribution < 1.29 is 9.59 Å². The topological polar surface area (TPSA) is 61.4 Å². The van der Waals surface area contributed by atoms with E-state index in [1.165, 1.54) is 0 Å². The number of hydrogen-bond acceptors (Lipinski definition) is 3. The third-order valence-electron chi connectivity index (χ3n) is 3.76. The maximum atomic E-state index is 12.2. The van der Waals surface area contributed by atoms with Crippen molar-refractivity contribution in [1.29, 1.82) is 0 Å². The Balaban J connectivity index is 1.79. The number of piperidine rings is 1. The van der Waals surface area contributed by atoms with Gasteiger partial charge in [-0.05, 0) is 30.2 Å². The van der Waals surface area contributed by atoms with Crippen LogP contribution in [0.1, 0.15) is 31.6 Å². The van der Waals surface area contributed by atoms with Crippen LogP contribution in [-0.4, -0.2) is 36.5 Å². The first kappa shape index (κ1) is 16.8. The van der Waals surface area contributed by atoms with Crippen LogP contribution >= 0.6 is 11.3 Å². The van der Waals surface area contributed by atoms with Gasteiger partial charge in [-0.2, -0.15) is 0 Å². The van der Waals surface area contributed by atoms with E-state index in [9.17, 15) is 9.59 Å². The molecule has 1 fully saturated rings. The van der Waals surface area contributed by atoms with Gasteiger partial charge in [0.15, 0.2) is 0 Å². The molecular weight excluding hydrogens is 298 g/mol. The second-order valence-electron chi connectivity index (χ2n) is 6.16. The first-order chi connectivity index (χ1) is 10.6. The number of carbonyl (C=O) groups is 2. The van der Waals surface area contributed by atoms with Crippen LogP contribution in [0, 0.1) is 11.8 Å². The highest BCUT2D eigenvalue weighted by Crippen LogP contribution is 2.17. The van der Waals surface area contributed by atoms with Crippen molar-refractivity contribution >= 4 is 23.3 Å². The molecule has 0 spiro atoms. The molecule has 0 bridgehead atoms. The molecule has 2 heterocycles. The molecule has 1 aromatic heterocycles. The maximum Gasteiger partial charge on any atom is 0.317 e. The number of urea groups is 1. The lowest BCUT2D eigenvalue weighted by atomic mass is 9.97. The molecule has 1 atom stereocenters. The lowest BCUT2D eigenvalue weighted by Gasteiger charge is -2.32. The SMILES string of the molecule is CC(C)CNC(=O)C1CCCN(C(=O)NCc2cccs2)C1. The normalized spacial score (nSPS) is 18.3. The van der Waals surface area contributed by atoms with E-state index in [-0.39, 0.29) is 17.9 Å². The van der Waals surface area contributed by atoms with Crippen LogP contribution in [0.5, 0.6) is 0 Å². The first-order valence-corrected chi connectivity index (χ1v) is 8.77. The van der Waals surface area contributed by atoms with E-state index in [0.717, 1.165) is 24.3 Å². The van der Waals surface area contributed by atoms with Gasteiger partial charge in [-0.1, -0.05) is 19.9 Å². The lowest BCUT2D eigenvalue weighted by Crippen LogP contribution is -2.49. The molecule has 0 saturated carbocycles. The first-order valence-electron chi connectivity index (χ1n) is 7.89. The predicted molar refractivity (Wildman–Crippen MR) is 88.7 cm³/mol. The summed E-state index contributed by atoms with van der Waals surface area (Å²) in [4.78, 5) is 27.3. The highest BCUT2D eigenvalue weighted by atomic mass is 32.1. The summed E-state index contributed by atoms with van der Waals surface area (Å²) < 4.78 is 0. The molecule has 0 aliphatic carbocycles. The fourth-order valence-corrected chi connectivity index (χ4v) is 3.16. The zero-order chi connectivity index (χ0) is 15.9. The van der Waals surface area contributed by atoms with Gasteiger partial charge in [0.2, 0.25) is 5.91 Å². The Hall–Kier alpha value is -1.56. The standard InChI is InChI=1S/C16H25N3O2S/c1-12(2)9-17-15(20)13-5-3-7-19(11-13)16(21)18-10-14-6-4-8-22-14/h4,6,8,12-13H,3,5,7,9-11H2,1-2H3,(H,17,20)(H,18,21). The van der Waals surface area contributed by atoms with Crippen molar-refractivity contribution in [2.24, 2.45) is 11.8 Å². The minimum absolute atomic E-state index is 0.0736. The second-order valence-corrected chi connectivity index (χ2v) is 7.19. The van der Waals surface area contributed by atoms with Gasteiger partial charge in [-0.25, -0.2) is 4.79 Å². The highest BCUT2D eigenvalue weighted by Gasteiger charge is 2.28. The van der Waals surface area contributed by atoms with Crippen LogP contribution in [-0.2, 0) is 11.3 Å². The quantitative estimate of drug-likeness (QED) is 0.874. The van der Waals surface area contributed by atoms with Crippen molar-refractivity contribution in [3.05, 3.63) is 22.4 Å². The second kappa shape index (κ2) is 8.17. The third kappa shape index (κ3) is 5.02. The van der Waals surface area contributed by atoms with E-state index in [1.807, 2.05) is 17.5 Å². The van der Waals surface area contributed by atoms with E-state index in [0.29, 0.717) is 25.6 Å². The van der Waals surface area contributed by atoms with E-state index in [2.05, 4.69) is 24.5 Å². The maximum absolute atomic E-state index is 12.2. The van der Waals surface area contributed by atoms with Gasteiger partial charge in [0.05, 0.1) is 12.5 Å². The van der Waals surface area contributed by atoms with E-state index >= 15 is 0 Å². The minimum atomic E-state index is -0.0833. The average Bonchev–Trinajstić information content (AvgIpc) is 3.03. The smallest absolute Gasteiger partial charge is 0.317 e. The van der Waals surface area contributed by atoms with Crippen LogP contribution in [0.25, 0.3) is 0 Å². The molecule has 6 heteroatoms. The average molecular weight is 323 g/mol. The summed E-state index contributed by atoms with van der Waals surface area (Å²) in [7, 11) is 0. The molecule has 2 N–H and O–H groups in total. The van der Waals surface area contributed by atoms with Crippen LogP contribution in [0.4, 0.5) is 4.79 Å². The summed E-state index contributed by atoms with van der Waals surface area (Å²) in [5.41, 5.74) is 0. The van der Waals surface area contributed by atoms with Crippen LogP contribution < -0.4 is 10.6 Å².